The average molecular weight is 291 g/mol. The summed E-state index contributed by atoms with van der Waals surface area (Å²) in [6.07, 6.45) is 4.84. The molecule has 0 saturated heterocycles. The highest BCUT2D eigenvalue weighted by molar-refractivity contribution is 5.85. The molecule has 1 aromatic carbocycles. The smallest absolute Gasteiger partial charge is 0.326 e. The molecule has 1 aromatic rings. The second-order valence-corrected chi connectivity index (χ2v) is 5.59. The van der Waals surface area contributed by atoms with E-state index in [2.05, 4.69) is 5.32 Å². The Morgan fingerprint density at radius 1 is 1.19 bits per heavy atom. The molecule has 1 aliphatic carbocycles. The van der Waals surface area contributed by atoms with Gasteiger partial charge in [0.05, 0.1) is 6.42 Å². The number of phenolic OH excluding ortho intramolecular Hbond substituents is 1. The molecule has 0 heterocycles. The van der Waals surface area contributed by atoms with Gasteiger partial charge < -0.3 is 15.5 Å². The zero-order valence-corrected chi connectivity index (χ0v) is 11.9. The van der Waals surface area contributed by atoms with E-state index in [0.29, 0.717) is 5.56 Å². The first-order chi connectivity index (χ1) is 10.1. The van der Waals surface area contributed by atoms with Crippen LogP contribution in [0.25, 0.3) is 0 Å². The zero-order chi connectivity index (χ0) is 15.2. The summed E-state index contributed by atoms with van der Waals surface area (Å²) in [4.78, 5) is 23.4. The summed E-state index contributed by atoms with van der Waals surface area (Å²) < 4.78 is 0. The number of carboxylic acid groups (broad SMARTS) is 1. The molecule has 5 heteroatoms. The summed E-state index contributed by atoms with van der Waals surface area (Å²) in [7, 11) is 0. The number of nitrogens with one attached hydrogen (secondary N) is 1. The standard InChI is InChI=1S/C16H21NO4/c18-13-9-5-4-8-12(13)10-14(19)17-15(16(20)21)11-6-2-1-3-7-11/h4-5,8-9,11,15,18H,1-3,6-7,10H2,(H,17,19)(H,20,21). The van der Waals surface area contributed by atoms with Crippen molar-refractivity contribution in [2.24, 2.45) is 5.92 Å². The SMILES string of the molecule is O=C(Cc1ccccc1O)NC(C(=O)O)C1CCCCC1. The van der Waals surface area contributed by atoms with Crippen molar-refractivity contribution in [1.82, 2.24) is 5.32 Å². The van der Waals surface area contributed by atoms with Gasteiger partial charge in [-0.2, -0.15) is 0 Å². The van der Waals surface area contributed by atoms with Gasteiger partial charge in [0.1, 0.15) is 11.8 Å². The first-order valence-electron chi connectivity index (χ1n) is 7.37. The van der Waals surface area contributed by atoms with Crippen molar-refractivity contribution in [2.75, 3.05) is 0 Å². The molecular formula is C16H21NO4. The number of amides is 1. The molecule has 1 amide bonds. The molecule has 114 valence electrons. The fourth-order valence-electron chi connectivity index (χ4n) is 2.91. The monoisotopic (exact) mass is 291 g/mol. The lowest BCUT2D eigenvalue weighted by atomic mass is 9.84. The van der Waals surface area contributed by atoms with E-state index < -0.39 is 12.0 Å². The van der Waals surface area contributed by atoms with Crippen molar-refractivity contribution < 1.29 is 19.8 Å². The minimum atomic E-state index is -0.979. The largest absolute Gasteiger partial charge is 0.508 e. The van der Waals surface area contributed by atoms with Crippen molar-refractivity contribution in [3.05, 3.63) is 29.8 Å². The van der Waals surface area contributed by atoms with Gasteiger partial charge in [-0.1, -0.05) is 37.5 Å². The maximum atomic E-state index is 12.0. The van der Waals surface area contributed by atoms with Gasteiger partial charge >= 0.3 is 5.97 Å². The summed E-state index contributed by atoms with van der Waals surface area (Å²) in [5.41, 5.74) is 0.503. The Balaban J connectivity index is 1.98. The maximum Gasteiger partial charge on any atom is 0.326 e. The van der Waals surface area contributed by atoms with Gasteiger partial charge in [0.25, 0.3) is 0 Å². The molecule has 0 bridgehead atoms. The fourth-order valence-corrected chi connectivity index (χ4v) is 2.91. The van der Waals surface area contributed by atoms with Crippen molar-refractivity contribution in [3.63, 3.8) is 0 Å². The normalized spacial score (nSPS) is 17.1. The van der Waals surface area contributed by atoms with Gasteiger partial charge in [0, 0.05) is 5.56 Å². The molecule has 0 spiro atoms. The Hall–Kier alpha value is -2.04. The van der Waals surface area contributed by atoms with E-state index in [-0.39, 0.29) is 24.0 Å². The molecule has 5 nitrogen and oxygen atoms in total. The Bertz CT molecular complexity index is 509. The van der Waals surface area contributed by atoms with Crippen LogP contribution in [-0.4, -0.2) is 28.1 Å². The van der Waals surface area contributed by atoms with Crippen LogP contribution < -0.4 is 5.32 Å². The van der Waals surface area contributed by atoms with E-state index in [9.17, 15) is 19.8 Å². The number of aromatic hydroxyl groups is 1. The number of carbonyl (C=O) groups excluding carboxylic acids is 1. The van der Waals surface area contributed by atoms with Gasteiger partial charge in [-0.15, -0.1) is 0 Å². The topological polar surface area (TPSA) is 86.6 Å². The Morgan fingerprint density at radius 2 is 1.86 bits per heavy atom. The minimum absolute atomic E-state index is 0.00423. The quantitative estimate of drug-likeness (QED) is 0.775. The molecule has 2 rings (SSSR count). The van der Waals surface area contributed by atoms with Crippen LogP contribution in [0, 0.1) is 5.92 Å². The zero-order valence-electron chi connectivity index (χ0n) is 11.9. The summed E-state index contributed by atoms with van der Waals surface area (Å²) in [5.74, 6) is -1.29. The lowest BCUT2D eigenvalue weighted by molar-refractivity contribution is -0.143. The number of rotatable bonds is 5. The predicted molar refractivity (Wildman–Crippen MR) is 78.0 cm³/mol. The second-order valence-electron chi connectivity index (χ2n) is 5.59. The highest BCUT2D eigenvalue weighted by atomic mass is 16.4. The van der Waals surface area contributed by atoms with Crippen LogP contribution in [0.15, 0.2) is 24.3 Å². The molecule has 1 fully saturated rings. The fraction of sp³-hybridized carbons (Fsp3) is 0.500. The van der Waals surface area contributed by atoms with Crippen molar-refractivity contribution in [1.29, 1.82) is 0 Å². The van der Waals surface area contributed by atoms with Gasteiger partial charge in [-0.25, -0.2) is 4.79 Å². The van der Waals surface area contributed by atoms with Crippen LogP contribution in [0.3, 0.4) is 0 Å². The maximum absolute atomic E-state index is 12.0. The number of aliphatic carboxylic acids is 1. The lowest BCUT2D eigenvalue weighted by Gasteiger charge is -2.28. The number of carboxylic acids is 1. The Labute approximate surface area is 124 Å². The van der Waals surface area contributed by atoms with E-state index in [1.807, 2.05) is 0 Å². The first-order valence-corrected chi connectivity index (χ1v) is 7.37. The summed E-state index contributed by atoms with van der Waals surface area (Å²) in [6.45, 7) is 0. The van der Waals surface area contributed by atoms with Crippen molar-refractivity contribution >= 4 is 11.9 Å². The first kappa shape index (κ1) is 15.4. The van der Waals surface area contributed by atoms with Gasteiger partial charge in [-0.3, -0.25) is 4.79 Å². The number of phenols is 1. The summed E-state index contributed by atoms with van der Waals surface area (Å²) >= 11 is 0. The average Bonchev–Trinajstić information content (AvgIpc) is 2.48. The molecule has 3 N–H and O–H groups in total. The lowest BCUT2D eigenvalue weighted by Crippen LogP contribution is -2.47. The van der Waals surface area contributed by atoms with Crippen LogP contribution in [0.4, 0.5) is 0 Å². The van der Waals surface area contributed by atoms with Crippen molar-refractivity contribution in [3.8, 4) is 5.75 Å². The predicted octanol–water partition coefficient (Wildman–Crippen LogP) is 2.08. The number of para-hydroxylation sites is 1. The van der Waals surface area contributed by atoms with Crippen LogP contribution in [0.2, 0.25) is 0 Å². The summed E-state index contributed by atoms with van der Waals surface area (Å²) in [5, 5.41) is 21.6. The Morgan fingerprint density at radius 3 is 2.48 bits per heavy atom. The molecule has 1 saturated carbocycles. The molecular weight excluding hydrogens is 270 g/mol. The number of hydrogen-bond donors (Lipinski definition) is 3. The van der Waals surface area contributed by atoms with E-state index in [1.54, 1.807) is 18.2 Å². The third-order valence-electron chi connectivity index (χ3n) is 4.05. The highest BCUT2D eigenvalue weighted by Crippen LogP contribution is 2.27. The number of carbonyl (C=O) groups is 2. The second kappa shape index (κ2) is 7.11. The van der Waals surface area contributed by atoms with E-state index in [1.165, 1.54) is 6.07 Å². The molecule has 0 radical (unpaired) electrons. The van der Waals surface area contributed by atoms with E-state index in [4.69, 9.17) is 0 Å². The van der Waals surface area contributed by atoms with Crippen LogP contribution in [-0.2, 0) is 16.0 Å². The molecule has 0 aliphatic heterocycles. The third-order valence-corrected chi connectivity index (χ3v) is 4.05. The van der Waals surface area contributed by atoms with E-state index in [0.717, 1.165) is 32.1 Å². The molecule has 0 aromatic heterocycles. The molecule has 1 atom stereocenters. The minimum Gasteiger partial charge on any atom is -0.508 e. The van der Waals surface area contributed by atoms with E-state index >= 15 is 0 Å². The van der Waals surface area contributed by atoms with Crippen LogP contribution in [0.1, 0.15) is 37.7 Å². The van der Waals surface area contributed by atoms with Crippen LogP contribution >= 0.6 is 0 Å². The van der Waals surface area contributed by atoms with Gasteiger partial charge in [-0.05, 0) is 24.8 Å². The van der Waals surface area contributed by atoms with Crippen LogP contribution in [0.5, 0.6) is 5.75 Å². The van der Waals surface area contributed by atoms with Gasteiger partial charge in [0.15, 0.2) is 0 Å². The molecule has 1 aliphatic rings. The van der Waals surface area contributed by atoms with Gasteiger partial charge in [0.2, 0.25) is 5.91 Å². The molecule has 1 unspecified atom stereocenters. The number of benzene rings is 1. The van der Waals surface area contributed by atoms with Crippen molar-refractivity contribution in [2.45, 2.75) is 44.6 Å². The molecule has 21 heavy (non-hydrogen) atoms. The highest BCUT2D eigenvalue weighted by Gasteiger charge is 2.30. The number of hydrogen-bond acceptors (Lipinski definition) is 3. The summed E-state index contributed by atoms with van der Waals surface area (Å²) in [6, 6.07) is 5.75. The Kier molecular flexibility index (Phi) is 5.20. The third kappa shape index (κ3) is 4.21.